The van der Waals surface area contributed by atoms with E-state index in [4.69, 9.17) is 0 Å². The standard InChI is InChI=1S/C21H24N4/c1-21(2,3)17-11-7-8-12-18(17)24-20-22-14-13-19(25-20)23-15-16-9-5-4-6-10-16/h4-14H,15H2,1-3H3,(H2,22,23,24,25). The molecule has 3 rings (SSSR count). The van der Waals surface area contributed by atoms with Gasteiger partial charge in [-0.25, -0.2) is 4.98 Å². The normalized spacial score (nSPS) is 11.2. The van der Waals surface area contributed by atoms with Crippen LogP contribution < -0.4 is 10.6 Å². The van der Waals surface area contributed by atoms with Crippen LogP contribution in [-0.4, -0.2) is 9.97 Å². The first kappa shape index (κ1) is 17.0. The van der Waals surface area contributed by atoms with Gasteiger partial charge in [-0.3, -0.25) is 0 Å². The summed E-state index contributed by atoms with van der Waals surface area (Å²) in [6, 6.07) is 20.4. The van der Waals surface area contributed by atoms with E-state index in [9.17, 15) is 0 Å². The van der Waals surface area contributed by atoms with Gasteiger partial charge in [0.2, 0.25) is 5.95 Å². The van der Waals surface area contributed by atoms with E-state index in [2.05, 4.69) is 71.7 Å². The topological polar surface area (TPSA) is 49.8 Å². The smallest absolute Gasteiger partial charge is 0.229 e. The van der Waals surface area contributed by atoms with Crippen molar-refractivity contribution < 1.29 is 0 Å². The molecule has 3 aromatic rings. The van der Waals surface area contributed by atoms with E-state index < -0.39 is 0 Å². The second kappa shape index (κ2) is 7.34. The van der Waals surface area contributed by atoms with Crippen LogP contribution >= 0.6 is 0 Å². The molecule has 0 aliphatic rings. The fourth-order valence-corrected chi connectivity index (χ4v) is 2.67. The molecule has 2 N–H and O–H groups in total. The van der Waals surface area contributed by atoms with Gasteiger partial charge < -0.3 is 10.6 Å². The van der Waals surface area contributed by atoms with Crippen molar-refractivity contribution in [1.82, 2.24) is 9.97 Å². The van der Waals surface area contributed by atoms with E-state index in [0.717, 1.165) is 18.1 Å². The molecule has 0 amide bonds. The van der Waals surface area contributed by atoms with Crippen LogP contribution in [-0.2, 0) is 12.0 Å². The molecule has 2 aromatic carbocycles. The van der Waals surface area contributed by atoms with Crippen LogP contribution in [0.15, 0.2) is 66.9 Å². The summed E-state index contributed by atoms with van der Waals surface area (Å²) in [5.41, 5.74) is 3.54. The Bertz CT molecular complexity index is 823. The lowest BCUT2D eigenvalue weighted by Crippen LogP contribution is -2.14. The Morgan fingerprint density at radius 3 is 2.36 bits per heavy atom. The van der Waals surface area contributed by atoms with Gasteiger partial charge in [0.05, 0.1) is 0 Å². The van der Waals surface area contributed by atoms with Crippen LogP contribution in [0.5, 0.6) is 0 Å². The average Bonchev–Trinajstić information content (AvgIpc) is 2.61. The first-order valence-corrected chi connectivity index (χ1v) is 8.50. The van der Waals surface area contributed by atoms with Crippen molar-refractivity contribution in [1.29, 1.82) is 0 Å². The second-order valence-corrected chi connectivity index (χ2v) is 7.03. The average molecular weight is 332 g/mol. The summed E-state index contributed by atoms with van der Waals surface area (Å²) in [5.74, 6) is 1.39. The molecule has 0 radical (unpaired) electrons. The Morgan fingerprint density at radius 2 is 1.60 bits per heavy atom. The maximum absolute atomic E-state index is 4.57. The predicted molar refractivity (Wildman–Crippen MR) is 104 cm³/mol. The lowest BCUT2D eigenvalue weighted by molar-refractivity contribution is 0.592. The van der Waals surface area contributed by atoms with Gasteiger partial charge in [0.1, 0.15) is 5.82 Å². The highest BCUT2D eigenvalue weighted by atomic mass is 15.1. The van der Waals surface area contributed by atoms with E-state index >= 15 is 0 Å². The van der Waals surface area contributed by atoms with E-state index in [-0.39, 0.29) is 5.41 Å². The van der Waals surface area contributed by atoms with Crippen LogP contribution in [0, 0.1) is 0 Å². The molecule has 0 aliphatic carbocycles. The van der Waals surface area contributed by atoms with Gasteiger partial charge in [-0.1, -0.05) is 69.3 Å². The third-order valence-electron chi connectivity index (χ3n) is 3.95. The van der Waals surface area contributed by atoms with Crippen molar-refractivity contribution in [2.75, 3.05) is 10.6 Å². The van der Waals surface area contributed by atoms with Crippen molar-refractivity contribution in [2.24, 2.45) is 0 Å². The Hall–Kier alpha value is -2.88. The minimum atomic E-state index is 0.0484. The number of benzene rings is 2. The lowest BCUT2D eigenvalue weighted by atomic mass is 9.86. The molecule has 1 aromatic heterocycles. The zero-order valence-corrected chi connectivity index (χ0v) is 15.0. The number of nitrogens with one attached hydrogen (secondary N) is 2. The van der Waals surface area contributed by atoms with Gasteiger partial charge in [-0.2, -0.15) is 4.98 Å². The number of para-hydroxylation sites is 1. The van der Waals surface area contributed by atoms with E-state index in [0.29, 0.717) is 5.95 Å². The summed E-state index contributed by atoms with van der Waals surface area (Å²) in [4.78, 5) is 8.92. The zero-order valence-electron chi connectivity index (χ0n) is 15.0. The van der Waals surface area contributed by atoms with Crippen molar-refractivity contribution in [2.45, 2.75) is 32.7 Å². The van der Waals surface area contributed by atoms with Gasteiger partial charge in [-0.15, -0.1) is 0 Å². The molecule has 0 atom stereocenters. The lowest BCUT2D eigenvalue weighted by Gasteiger charge is -2.23. The Labute approximate surface area is 149 Å². The number of hydrogen-bond donors (Lipinski definition) is 2. The third-order valence-corrected chi connectivity index (χ3v) is 3.95. The first-order valence-electron chi connectivity index (χ1n) is 8.50. The molecule has 0 bridgehead atoms. The van der Waals surface area contributed by atoms with Gasteiger partial charge >= 0.3 is 0 Å². The zero-order chi connectivity index (χ0) is 17.7. The Kier molecular flexibility index (Phi) is 4.98. The van der Waals surface area contributed by atoms with Crippen molar-refractivity contribution in [3.05, 3.63) is 78.0 Å². The van der Waals surface area contributed by atoms with Crippen LogP contribution in [0.2, 0.25) is 0 Å². The molecule has 4 nitrogen and oxygen atoms in total. The minimum absolute atomic E-state index is 0.0484. The number of hydrogen-bond acceptors (Lipinski definition) is 4. The summed E-state index contributed by atoms with van der Waals surface area (Å²) in [6.45, 7) is 7.33. The van der Waals surface area contributed by atoms with E-state index in [1.165, 1.54) is 11.1 Å². The fourth-order valence-electron chi connectivity index (χ4n) is 2.67. The van der Waals surface area contributed by atoms with Gasteiger partial charge in [0, 0.05) is 18.4 Å². The molecule has 0 aliphatic heterocycles. The van der Waals surface area contributed by atoms with Gasteiger partial charge in [-0.05, 0) is 28.7 Å². The summed E-state index contributed by atoms with van der Waals surface area (Å²) in [7, 11) is 0. The summed E-state index contributed by atoms with van der Waals surface area (Å²) >= 11 is 0. The molecule has 0 spiro atoms. The van der Waals surface area contributed by atoms with Gasteiger partial charge in [0.25, 0.3) is 0 Å². The summed E-state index contributed by atoms with van der Waals surface area (Å²) in [6.07, 6.45) is 1.77. The highest BCUT2D eigenvalue weighted by Crippen LogP contribution is 2.30. The maximum Gasteiger partial charge on any atom is 0.229 e. The molecule has 128 valence electrons. The molecule has 25 heavy (non-hydrogen) atoms. The molecule has 0 fully saturated rings. The van der Waals surface area contributed by atoms with Crippen molar-refractivity contribution in [3.8, 4) is 0 Å². The van der Waals surface area contributed by atoms with Crippen LogP contribution in [0.1, 0.15) is 31.9 Å². The molecule has 0 saturated carbocycles. The highest BCUT2D eigenvalue weighted by molar-refractivity contribution is 5.61. The fraction of sp³-hybridized carbons (Fsp3) is 0.238. The van der Waals surface area contributed by atoms with Gasteiger partial charge in [0.15, 0.2) is 0 Å². The number of nitrogens with zero attached hydrogens (tertiary/aromatic N) is 2. The third kappa shape index (κ3) is 4.57. The van der Waals surface area contributed by atoms with E-state index in [1.54, 1.807) is 6.20 Å². The second-order valence-electron chi connectivity index (χ2n) is 7.03. The summed E-state index contributed by atoms with van der Waals surface area (Å²) < 4.78 is 0. The molecule has 1 heterocycles. The molecule has 0 saturated heterocycles. The number of aromatic nitrogens is 2. The maximum atomic E-state index is 4.57. The number of rotatable bonds is 5. The minimum Gasteiger partial charge on any atom is -0.366 e. The van der Waals surface area contributed by atoms with E-state index in [1.807, 2.05) is 30.3 Å². The van der Waals surface area contributed by atoms with Crippen LogP contribution in [0.25, 0.3) is 0 Å². The van der Waals surface area contributed by atoms with Crippen molar-refractivity contribution in [3.63, 3.8) is 0 Å². The monoisotopic (exact) mass is 332 g/mol. The Morgan fingerprint density at radius 1 is 0.880 bits per heavy atom. The number of anilines is 3. The highest BCUT2D eigenvalue weighted by Gasteiger charge is 2.17. The largest absolute Gasteiger partial charge is 0.366 e. The summed E-state index contributed by atoms with van der Waals surface area (Å²) in [5, 5.41) is 6.70. The first-order chi connectivity index (χ1) is 12.0. The Balaban J connectivity index is 1.74. The quantitative estimate of drug-likeness (QED) is 0.680. The van der Waals surface area contributed by atoms with Crippen LogP contribution in [0.4, 0.5) is 17.5 Å². The predicted octanol–water partition coefficient (Wildman–Crippen LogP) is 5.13. The van der Waals surface area contributed by atoms with Crippen molar-refractivity contribution >= 4 is 17.5 Å². The molecule has 4 heteroatoms. The SMILES string of the molecule is CC(C)(C)c1ccccc1Nc1nccc(NCc2ccccc2)n1. The molecular weight excluding hydrogens is 308 g/mol. The molecular formula is C21H24N4. The van der Waals surface area contributed by atoms with Crippen LogP contribution in [0.3, 0.4) is 0 Å². The molecule has 0 unspecified atom stereocenters.